The molecule has 0 amide bonds. The summed E-state index contributed by atoms with van der Waals surface area (Å²) in [5, 5.41) is 27.4. The number of furan rings is 1. The molecule has 1 atom stereocenters. The number of aliphatic hydroxyl groups is 1. The Bertz CT molecular complexity index is 963. The number of rotatable bonds is 4. The van der Waals surface area contributed by atoms with Gasteiger partial charge in [0.1, 0.15) is 29.1 Å². The van der Waals surface area contributed by atoms with E-state index in [1.165, 1.54) is 12.4 Å². The van der Waals surface area contributed by atoms with Crippen molar-refractivity contribution < 1.29 is 19.4 Å². The van der Waals surface area contributed by atoms with Crippen molar-refractivity contribution in [2.24, 2.45) is 0 Å². The summed E-state index contributed by atoms with van der Waals surface area (Å²) in [6.07, 6.45) is 3.65. The van der Waals surface area contributed by atoms with Gasteiger partial charge in [-0.15, -0.1) is 0 Å². The molecule has 25 heavy (non-hydrogen) atoms. The number of nitrogens with one attached hydrogen (secondary N) is 1. The standard InChI is InChI=1S/C18H17N3O4/c19-17-16-15(13-3-1-8-24-13)12-5-4-11(23)9-14(12)25-18(16)20-10-21(17)6-2-7-22/h1,3-5,8-10,15,19,22-23H,2,6-7H2. The highest BCUT2D eigenvalue weighted by Gasteiger charge is 2.33. The SMILES string of the molecule is N=c1c2c(ncn1CCCO)Oc1cc(O)ccc1C2c1ccco1. The molecule has 0 bridgehead atoms. The molecule has 7 nitrogen and oxygen atoms in total. The number of hydrogen-bond acceptors (Lipinski definition) is 6. The Labute approximate surface area is 143 Å². The molecule has 3 aromatic rings. The Morgan fingerprint density at radius 1 is 1.28 bits per heavy atom. The molecule has 1 aliphatic rings. The molecule has 3 N–H and O–H groups in total. The van der Waals surface area contributed by atoms with Crippen molar-refractivity contribution in [3.63, 3.8) is 0 Å². The average molecular weight is 339 g/mol. The summed E-state index contributed by atoms with van der Waals surface area (Å²) in [6.45, 7) is 0.534. The number of aryl methyl sites for hydroxylation is 1. The Hall–Kier alpha value is -3.06. The minimum atomic E-state index is -0.351. The fraction of sp³-hybridized carbons (Fsp3) is 0.222. The van der Waals surface area contributed by atoms with Crippen molar-refractivity contribution in [1.29, 1.82) is 5.41 Å². The first-order valence-electron chi connectivity index (χ1n) is 7.98. The molecule has 0 radical (unpaired) electrons. The van der Waals surface area contributed by atoms with E-state index >= 15 is 0 Å². The van der Waals surface area contributed by atoms with Crippen molar-refractivity contribution in [2.75, 3.05) is 6.61 Å². The van der Waals surface area contributed by atoms with Crippen LogP contribution in [-0.4, -0.2) is 26.4 Å². The van der Waals surface area contributed by atoms with Crippen LogP contribution in [0.4, 0.5) is 0 Å². The average Bonchev–Trinajstić information content (AvgIpc) is 3.13. The quantitative estimate of drug-likeness (QED) is 0.529. The van der Waals surface area contributed by atoms with E-state index in [-0.39, 0.29) is 23.8 Å². The molecule has 7 heteroatoms. The molecule has 1 aromatic carbocycles. The number of aromatic hydroxyl groups is 1. The van der Waals surface area contributed by atoms with Crippen molar-refractivity contribution in [1.82, 2.24) is 9.55 Å². The smallest absolute Gasteiger partial charge is 0.228 e. The second kappa shape index (κ2) is 6.10. The van der Waals surface area contributed by atoms with Gasteiger partial charge in [0.2, 0.25) is 5.88 Å². The van der Waals surface area contributed by atoms with Crippen molar-refractivity contribution >= 4 is 0 Å². The van der Waals surface area contributed by atoms with Crippen LogP contribution in [0.3, 0.4) is 0 Å². The van der Waals surface area contributed by atoms with Crippen LogP contribution in [0.2, 0.25) is 0 Å². The number of hydrogen-bond donors (Lipinski definition) is 3. The van der Waals surface area contributed by atoms with Crippen LogP contribution < -0.4 is 10.2 Å². The largest absolute Gasteiger partial charge is 0.508 e. The lowest BCUT2D eigenvalue weighted by molar-refractivity contribution is 0.277. The van der Waals surface area contributed by atoms with Gasteiger partial charge >= 0.3 is 0 Å². The first-order valence-corrected chi connectivity index (χ1v) is 7.98. The predicted molar refractivity (Wildman–Crippen MR) is 87.6 cm³/mol. The van der Waals surface area contributed by atoms with Gasteiger partial charge in [-0.2, -0.15) is 0 Å². The molecule has 4 rings (SSSR count). The molecule has 0 saturated carbocycles. The first-order chi connectivity index (χ1) is 12.2. The molecule has 1 aliphatic heterocycles. The summed E-state index contributed by atoms with van der Waals surface area (Å²) in [5.41, 5.74) is 1.67. The molecule has 0 spiro atoms. The molecule has 3 heterocycles. The third-order valence-corrected chi connectivity index (χ3v) is 4.28. The van der Waals surface area contributed by atoms with Crippen molar-refractivity contribution in [2.45, 2.75) is 18.9 Å². The Balaban J connectivity index is 1.92. The van der Waals surface area contributed by atoms with Crippen LogP contribution in [0.1, 0.15) is 29.2 Å². The molecule has 128 valence electrons. The topological polar surface area (TPSA) is 105 Å². The van der Waals surface area contributed by atoms with Gasteiger partial charge in [-0.25, -0.2) is 4.98 Å². The fourth-order valence-corrected chi connectivity index (χ4v) is 3.12. The summed E-state index contributed by atoms with van der Waals surface area (Å²) in [4.78, 5) is 4.34. The monoisotopic (exact) mass is 339 g/mol. The summed E-state index contributed by atoms with van der Waals surface area (Å²) in [5.74, 6) is 1.24. The van der Waals surface area contributed by atoms with Gasteiger partial charge in [0.25, 0.3) is 0 Å². The van der Waals surface area contributed by atoms with E-state index in [2.05, 4.69) is 4.98 Å². The van der Waals surface area contributed by atoms with E-state index < -0.39 is 0 Å². The molecule has 0 aliphatic carbocycles. The van der Waals surface area contributed by atoms with Gasteiger partial charge in [-0.1, -0.05) is 6.07 Å². The maximum absolute atomic E-state index is 9.76. The fourth-order valence-electron chi connectivity index (χ4n) is 3.12. The number of ether oxygens (including phenoxy) is 1. The zero-order chi connectivity index (χ0) is 17.4. The normalized spacial score (nSPS) is 15.3. The second-order valence-electron chi connectivity index (χ2n) is 5.86. The van der Waals surface area contributed by atoms with E-state index in [0.717, 1.165) is 5.56 Å². The van der Waals surface area contributed by atoms with Gasteiger partial charge < -0.3 is 23.9 Å². The lowest BCUT2D eigenvalue weighted by Crippen LogP contribution is -2.30. The van der Waals surface area contributed by atoms with Gasteiger partial charge in [0.05, 0.1) is 17.7 Å². The van der Waals surface area contributed by atoms with E-state index in [1.54, 1.807) is 29.0 Å². The minimum absolute atomic E-state index is 0.0454. The maximum atomic E-state index is 9.76. The Morgan fingerprint density at radius 2 is 2.16 bits per heavy atom. The lowest BCUT2D eigenvalue weighted by Gasteiger charge is -2.27. The van der Waals surface area contributed by atoms with E-state index in [0.29, 0.717) is 35.9 Å². The summed E-state index contributed by atoms with van der Waals surface area (Å²) in [6, 6.07) is 8.53. The highest BCUT2D eigenvalue weighted by atomic mass is 16.5. The third-order valence-electron chi connectivity index (χ3n) is 4.28. The Kier molecular flexibility index (Phi) is 3.77. The van der Waals surface area contributed by atoms with Crippen LogP contribution in [-0.2, 0) is 6.54 Å². The van der Waals surface area contributed by atoms with E-state index in [1.807, 2.05) is 6.07 Å². The van der Waals surface area contributed by atoms with Gasteiger partial charge in [-0.3, -0.25) is 5.41 Å². The first kappa shape index (κ1) is 15.5. The van der Waals surface area contributed by atoms with Gasteiger partial charge in [0.15, 0.2) is 0 Å². The van der Waals surface area contributed by atoms with Gasteiger partial charge in [0, 0.05) is 24.8 Å². The minimum Gasteiger partial charge on any atom is -0.508 e. The van der Waals surface area contributed by atoms with Crippen molar-refractivity contribution in [3.8, 4) is 17.4 Å². The number of fused-ring (bicyclic) bond motifs is 2. The number of benzene rings is 1. The molecular weight excluding hydrogens is 322 g/mol. The van der Waals surface area contributed by atoms with Crippen LogP contribution in [0.15, 0.2) is 47.3 Å². The number of aromatic nitrogens is 2. The predicted octanol–water partition coefficient (Wildman–Crippen LogP) is 2.33. The number of phenolic OH excluding ortho intramolecular Hbond substituents is 1. The Morgan fingerprint density at radius 3 is 2.92 bits per heavy atom. The zero-order valence-corrected chi connectivity index (χ0v) is 13.3. The summed E-state index contributed by atoms with van der Waals surface area (Å²) < 4.78 is 13.1. The molecule has 2 aromatic heterocycles. The maximum Gasteiger partial charge on any atom is 0.228 e. The van der Waals surface area contributed by atoms with Crippen LogP contribution in [0, 0.1) is 5.41 Å². The highest BCUT2D eigenvalue weighted by molar-refractivity contribution is 5.55. The summed E-state index contributed by atoms with van der Waals surface area (Å²) in [7, 11) is 0. The van der Waals surface area contributed by atoms with E-state index in [9.17, 15) is 5.11 Å². The third kappa shape index (κ3) is 2.58. The zero-order valence-electron chi connectivity index (χ0n) is 13.3. The van der Waals surface area contributed by atoms with Crippen LogP contribution >= 0.6 is 0 Å². The lowest BCUT2D eigenvalue weighted by atomic mass is 9.87. The molecule has 0 saturated heterocycles. The number of phenols is 1. The molecular formula is C18H17N3O4. The van der Waals surface area contributed by atoms with Gasteiger partial charge in [-0.05, 0) is 24.6 Å². The highest BCUT2D eigenvalue weighted by Crippen LogP contribution is 2.45. The van der Waals surface area contributed by atoms with Crippen LogP contribution in [0.25, 0.3) is 0 Å². The van der Waals surface area contributed by atoms with Crippen molar-refractivity contribution in [3.05, 3.63) is 65.3 Å². The summed E-state index contributed by atoms with van der Waals surface area (Å²) >= 11 is 0. The molecule has 1 unspecified atom stereocenters. The molecule has 0 fully saturated rings. The number of nitrogens with zero attached hydrogens (tertiary/aromatic N) is 2. The van der Waals surface area contributed by atoms with Crippen LogP contribution in [0.5, 0.6) is 17.4 Å². The van der Waals surface area contributed by atoms with E-state index in [4.69, 9.17) is 19.7 Å². The second-order valence-corrected chi connectivity index (χ2v) is 5.86. The number of aliphatic hydroxyl groups excluding tert-OH is 1.